The van der Waals surface area contributed by atoms with Gasteiger partial charge in [-0.3, -0.25) is 25.0 Å². The summed E-state index contributed by atoms with van der Waals surface area (Å²) in [6.45, 7) is 0.0503. The van der Waals surface area contributed by atoms with Gasteiger partial charge in [0, 0.05) is 19.0 Å². The molecule has 0 fully saturated rings. The Kier molecular flexibility index (Phi) is 8.06. The lowest BCUT2D eigenvalue weighted by atomic mass is 10.1. The van der Waals surface area contributed by atoms with Gasteiger partial charge in [0.1, 0.15) is 0 Å². The number of carbonyl (C=O) groups is 1. The van der Waals surface area contributed by atoms with Crippen LogP contribution < -0.4 is 4.72 Å². The summed E-state index contributed by atoms with van der Waals surface area (Å²) < 4.78 is 31.2. The van der Waals surface area contributed by atoms with Gasteiger partial charge in [-0.25, -0.2) is 13.1 Å². The molecule has 1 aromatic carbocycles. The zero-order chi connectivity index (χ0) is 19.7. The summed E-state index contributed by atoms with van der Waals surface area (Å²) in [5.74, 6) is -0.309. The van der Waals surface area contributed by atoms with Crippen LogP contribution in [0, 0.1) is 20.2 Å². The van der Waals surface area contributed by atoms with Crippen molar-refractivity contribution in [2.24, 2.45) is 0 Å². The first-order valence-corrected chi connectivity index (χ1v) is 9.16. The fraction of sp³-hybridized carbons (Fsp3) is 0.500. The number of sulfonamides is 1. The number of nitrogens with zero attached hydrogens (tertiary/aromatic N) is 2. The van der Waals surface area contributed by atoms with Crippen molar-refractivity contribution in [2.75, 3.05) is 13.7 Å². The largest absolute Gasteiger partial charge is 0.469 e. The van der Waals surface area contributed by atoms with Gasteiger partial charge in [-0.2, -0.15) is 0 Å². The molecule has 11 nitrogen and oxygen atoms in total. The van der Waals surface area contributed by atoms with Crippen LogP contribution in [-0.4, -0.2) is 37.9 Å². The van der Waals surface area contributed by atoms with Gasteiger partial charge >= 0.3 is 5.97 Å². The number of rotatable bonds is 11. The van der Waals surface area contributed by atoms with Crippen molar-refractivity contribution in [3.8, 4) is 0 Å². The first-order valence-electron chi connectivity index (χ1n) is 7.68. The Morgan fingerprint density at radius 3 is 2.35 bits per heavy atom. The second-order valence-electron chi connectivity index (χ2n) is 5.30. The Morgan fingerprint density at radius 1 is 1.12 bits per heavy atom. The topological polar surface area (TPSA) is 159 Å². The number of hydrogen-bond acceptors (Lipinski definition) is 8. The molecule has 26 heavy (non-hydrogen) atoms. The summed E-state index contributed by atoms with van der Waals surface area (Å²) in [5, 5.41) is 21.7. The predicted octanol–water partition coefficient (Wildman–Crippen LogP) is 1.90. The van der Waals surface area contributed by atoms with Crippen LogP contribution in [0.3, 0.4) is 0 Å². The van der Waals surface area contributed by atoms with Crippen LogP contribution in [0.5, 0.6) is 0 Å². The number of nitro benzene ring substituents is 2. The number of ether oxygens (including phenoxy) is 1. The van der Waals surface area contributed by atoms with Gasteiger partial charge < -0.3 is 4.74 Å². The Bertz CT molecular complexity index is 778. The molecule has 0 aromatic heterocycles. The number of carbonyl (C=O) groups excluding carboxylic acids is 1. The minimum Gasteiger partial charge on any atom is -0.469 e. The molecule has 0 saturated heterocycles. The zero-order valence-corrected chi connectivity index (χ0v) is 14.9. The standard InChI is InChI=1S/C14H19N3O8S/c1-25-14(18)6-4-2-3-5-9-15-26(23,24)13-8-7-11(16(19)20)10-12(13)17(21)22/h7-8,10,15H,2-6,9H2,1H3. The lowest BCUT2D eigenvalue weighted by molar-refractivity contribution is -0.396. The van der Waals surface area contributed by atoms with Crippen molar-refractivity contribution in [2.45, 2.75) is 37.0 Å². The van der Waals surface area contributed by atoms with Crippen LogP contribution in [0.4, 0.5) is 11.4 Å². The van der Waals surface area contributed by atoms with Crippen molar-refractivity contribution in [1.29, 1.82) is 0 Å². The summed E-state index contributed by atoms with van der Waals surface area (Å²) in [6, 6.07) is 2.35. The maximum absolute atomic E-state index is 12.2. The number of hydrogen-bond donors (Lipinski definition) is 1. The average Bonchev–Trinajstić information content (AvgIpc) is 2.59. The van der Waals surface area contributed by atoms with E-state index in [0.29, 0.717) is 31.7 Å². The molecule has 1 rings (SSSR count). The van der Waals surface area contributed by atoms with E-state index < -0.39 is 36.1 Å². The molecule has 0 aliphatic rings. The van der Waals surface area contributed by atoms with E-state index in [1.807, 2.05) is 0 Å². The van der Waals surface area contributed by atoms with Crippen molar-refractivity contribution in [3.63, 3.8) is 0 Å². The van der Waals surface area contributed by atoms with Gasteiger partial charge in [-0.1, -0.05) is 12.8 Å². The highest BCUT2D eigenvalue weighted by molar-refractivity contribution is 7.89. The van der Waals surface area contributed by atoms with E-state index in [9.17, 15) is 33.4 Å². The maximum Gasteiger partial charge on any atom is 0.305 e. The van der Waals surface area contributed by atoms with Gasteiger partial charge in [-0.15, -0.1) is 0 Å². The summed E-state index contributed by atoms with van der Waals surface area (Å²) in [5.41, 5.74) is -1.42. The van der Waals surface area contributed by atoms with Crippen LogP contribution in [-0.2, 0) is 19.6 Å². The summed E-state index contributed by atoms with van der Waals surface area (Å²) >= 11 is 0. The van der Waals surface area contributed by atoms with Crippen LogP contribution in [0.15, 0.2) is 23.1 Å². The average molecular weight is 389 g/mol. The van der Waals surface area contributed by atoms with E-state index in [0.717, 1.165) is 12.1 Å². The molecule has 0 saturated carbocycles. The number of unbranched alkanes of at least 4 members (excludes halogenated alkanes) is 3. The quantitative estimate of drug-likeness (QED) is 0.260. The van der Waals surface area contributed by atoms with Crippen LogP contribution >= 0.6 is 0 Å². The summed E-state index contributed by atoms with van der Waals surface area (Å²) in [4.78, 5) is 30.2. The Hall–Kier alpha value is -2.60. The van der Waals surface area contributed by atoms with E-state index in [4.69, 9.17) is 0 Å². The van der Waals surface area contributed by atoms with Gasteiger partial charge in [0.05, 0.1) is 23.0 Å². The number of methoxy groups -OCH3 is 1. The molecule has 0 aliphatic heterocycles. The number of nitrogens with one attached hydrogen (secondary N) is 1. The van der Waals surface area contributed by atoms with Crippen molar-refractivity contribution < 1.29 is 27.8 Å². The van der Waals surface area contributed by atoms with E-state index >= 15 is 0 Å². The lowest BCUT2D eigenvalue weighted by Gasteiger charge is -2.07. The number of non-ortho nitro benzene ring substituents is 1. The Morgan fingerprint density at radius 2 is 1.77 bits per heavy atom. The molecule has 0 atom stereocenters. The SMILES string of the molecule is COC(=O)CCCCCCNS(=O)(=O)c1ccc([N+](=O)[O-])cc1[N+](=O)[O-]. The molecule has 0 bridgehead atoms. The van der Waals surface area contributed by atoms with E-state index in [1.165, 1.54) is 7.11 Å². The normalized spacial score (nSPS) is 11.1. The van der Waals surface area contributed by atoms with Gasteiger partial charge in [-0.05, 0) is 18.9 Å². The van der Waals surface area contributed by atoms with Crippen molar-refractivity contribution >= 4 is 27.4 Å². The second-order valence-corrected chi connectivity index (χ2v) is 7.04. The monoisotopic (exact) mass is 389 g/mol. The fourth-order valence-corrected chi connectivity index (χ4v) is 3.35. The molecule has 0 amide bonds. The highest BCUT2D eigenvalue weighted by Crippen LogP contribution is 2.28. The summed E-state index contributed by atoms with van der Waals surface area (Å²) in [6.07, 6.45) is 2.74. The molecule has 1 aromatic rings. The van der Waals surface area contributed by atoms with Crippen LogP contribution in [0.1, 0.15) is 32.1 Å². The van der Waals surface area contributed by atoms with Gasteiger partial charge in [0.15, 0.2) is 4.90 Å². The molecular weight excluding hydrogens is 370 g/mol. The third-order valence-electron chi connectivity index (χ3n) is 3.47. The first kappa shape index (κ1) is 21.4. The minimum atomic E-state index is -4.18. The highest BCUT2D eigenvalue weighted by Gasteiger charge is 2.28. The van der Waals surface area contributed by atoms with Crippen molar-refractivity contribution in [1.82, 2.24) is 4.72 Å². The van der Waals surface area contributed by atoms with Crippen molar-refractivity contribution in [3.05, 3.63) is 38.4 Å². The molecule has 0 aliphatic carbocycles. The number of benzene rings is 1. The highest BCUT2D eigenvalue weighted by atomic mass is 32.2. The second kappa shape index (κ2) is 9.77. The molecule has 0 unspecified atom stereocenters. The maximum atomic E-state index is 12.2. The first-order chi connectivity index (χ1) is 12.2. The molecule has 1 N–H and O–H groups in total. The van der Waals surface area contributed by atoms with E-state index in [-0.39, 0.29) is 18.9 Å². The molecule has 0 spiro atoms. The molecular formula is C14H19N3O8S. The number of nitro groups is 2. The smallest absolute Gasteiger partial charge is 0.305 e. The van der Waals surface area contributed by atoms with E-state index in [1.54, 1.807) is 0 Å². The zero-order valence-electron chi connectivity index (χ0n) is 14.0. The third kappa shape index (κ3) is 6.37. The third-order valence-corrected chi connectivity index (χ3v) is 4.98. The summed E-state index contributed by atoms with van der Waals surface area (Å²) in [7, 11) is -2.88. The Labute approximate surface area is 149 Å². The van der Waals surface area contributed by atoms with Gasteiger partial charge in [0.25, 0.3) is 11.4 Å². The Balaban J connectivity index is 2.64. The molecule has 0 radical (unpaired) electrons. The fourth-order valence-electron chi connectivity index (χ4n) is 2.12. The molecule has 0 heterocycles. The van der Waals surface area contributed by atoms with E-state index in [2.05, 4.69) is 9.46 Å². The molecule has 144 valence electrons. The predicted molar refractivity (Wildman–Crippen MR) is 90.0 cm³/mol. The van der Waals surface area contributed by atoms with Crippen LogP contribution in [0.25, 0.3) is 0 Å². The molecule has 12 heteroatoms. The minimum absolute atomic E-state index is 0.0503. The lowest BCUT2D eigenvalue weighted by Crippen LogP contribution is -2.25. The number of esters is 1. The van der Waals surface area contributed by atoms with Gasteiger partial charge in [0.2, 0.25) is 10.0 Å². The van der Waals surface area contributed by atoms with Crippen LogP contribution in [0.2, 0.25) is 0 Å².